The fourth-order valence-corrected chi connectivity index (χ4v) is 4.14. The Morgan fingerprint density at radius 2 is 1.55 bits per heavy atom. The topological polar surface area (TPSA) is 105 Å². The van der Waals surface area contributed by atoms with Gasteiger partial charge in [0.1, 0.15) is 12.6 Å². The molecule has 0 bridgehead atoms. The van der Waals surface area contributed by atoms with E-state index in [1.165, 1.54) is 0 Å². The van der Waals surface area contributed by atoms with Crippen LogP contribution in [0.4, 0.5) is 4.79 Å². The number of nitrogens with one attached hydrogen (secondary N) is 2. The highest BCUT2D eigenvalue weighted by Crippen LogP contribution is 2.44. The lowest BCUT2D eigenvalue weighted by atomic mass is 9.98. The molecule has 0 radical (unpaired) electrons. The van der Waals surface area contributed by atoms with Gasteiger partial charge in [0.2, 0.25) is 5.91 Å². The highest BCUT2D eigenvalue weighted by Gasteiger charge is 2.30. The molecule has 3 rings (SSSR count). The summed E-state index contributed by atoms with van der Waals surface area (Å²) in [7, 11) is 0. The van der Waals surface area contributed by atoms with Crippen LogP contribution in [-0.2, 0) is 14.3 Å². The molecule has 7 heteroatoms. The number of ether oxygens (including phenoxy) is 1. The van der Waals surface area contributed by atoms with Crippen molar-refractivity contribution in [3.8, 4) is 11.1 Å². The van der Waals surface area contributed by atoms with E-state index in [4.69, 9.17) is 9.84 Å². The van der Waals surface area contributed by atoms with E-state index in [9.17, 15) is 14.4 Å². The van der Waals surface area contributed by atoms with Gasteiger partial charge in [-0.15, -0.1) is 0 Å². The number of alkyl carbamates (subject to hydrolysis) is 1. The molecule has 0 spiro atoms. The van der Waals surface area contributed by atoms with Gasteiger partial charge in [-0.1, -0.05) is 69.3 Å². The van der Waals surface area contributed by atoms with Crippen molar-refractivity contribution < 1.29 is 24.2 Å². The van der Waals surface area contributed by atoms with E-state index in [-0.39, 0.29) is 30.9 Å². The molecule has 0 aliphatic heterocycles. The molecule has 0 heterocycles. The molecule has 7 nitrogen and oxygen atoms in total. The van der Waals surface area contributed by atoms with E-state index in [0.717, 1.165) is 22.3 Å². The summed E-state index contributed by atoms with van der Waals surface area (Å²) in [5.74, 6) is -1.68. The summed E-state index contributed by atoms with van der Waals surface area (Å²) in [6.45, 7) is 5.92. The minimum Gasteiger partial charge on any atom is -0.481 e. The number of carboxylic acid groups (broad SMARTS) is 1. The number of amides is 2. The molecule has 0 fully saturated rings. The first-order chi connectivity index (χ1) is 15.8. The Morgan fingerprint density at radius 3 is 2.09 bits per heavy atom. The highest BCUT2D eigenvalue weighted by atomic mass is 16.5. The molecule has 2 aromatic rings. The minimum atomic E-state index is -0.903. The number of carbonyl (C=O) groups excluding carboxylic acids is 2. The Kier molecular flexibility index (Phi) is 8.09. The lowest BCUT2D eigenvalue weighted by Gasteiger charge is -2.21. The third-order valence-corrected chi connectivity index (χ3v) is 5.96. The van der Waals surface area contributed by atoms with Gasteiger partial charge in [-0.25, -0.2) is 4.79 Å². The van der Waals surface area contributed by atoms with Gasteiger partial charge in [0.25, 0.3) is 0 Å². The Morgan fingerprint density at radius 1 is 0.970 bits per heavy atom. The summed E-state index contributed by atoms with van der Waals surface area (Å²) in [4.78, 5) is 36.2. The summed E-state index contributed by atoms with van der Waals surface area (Å²) < 4.78 is 5.57. The average Bonchev–Trinajstić information content (AvgIpc) is 3.10. The summed E-state index contributed by atoms with van der Waals surface area (Å²) in [6, 6.07) is 15.4. The van der Waals surface area contributed by atoms with Crippen molar-refractivity contribution in [1.29, 1.82) is 0 Å². The Hall–Kier alpha value is -3.35. The van der Waals surface area contributed by atoms with Gasteiger partial charge in [-0.2, -0.15) is 0 Å². The van der Waals surface area contributed by atoms with Crippen LogP contribution in [0, 0.1) is 11.8 Å². The lowest BCUT2D eigenvalue weighted by molar-refractivity contribution is -0.141. The predicted octanol–water partition coefficient (Wildman–Crippen LogP) is 4.17. The first-order valence-corrected chi connectivity index (χ1v) is 11.4. The molecule has 176 valence electrons. The normalized spacial score (nSPS) is 14.2. The summed E-state index contributed by atoms with van der Waals surface area (Å²) in [5, 5.41) is 14.4. The largest absolute Gasteiger partial charge is 0.481 e. The summed E-state index contributed by atoms with van der Waals surface area (Å²) in [5.41, 5.74) is 4.54. The second-order valence-electron chi connectivity index (χ2n) is 8.97. The van der Waals surface area contributed by atoms with Crippen molar-refractivity contribution in [2.24, 2.45) is 11.8 Å². The van der Waals surface area contributed by atoms with Crippen LogP contribution < -0.4 is 10.6 Å². The number of hydrogen-bond donors (Lipinski definition) is 3. The van der Waals surface area contributed by atoms with Crippen LogP contribution in [0.3, 0.4) is 0 Å². The van der Waals surface area contributed by atoms with Gasteiger partial charge >= 0.3 is 12.1 Å². The number of benzene rings is 2. The van der Waals surface area contributed by atoms with E-state index in [0.29, 0.717) is 12.8 Å². The van der Waals surface area contributed by atoms with Crippen LogP contribution in [-0.4, -0.2) is 42.3 Å². The van der Waals surface area contributed by atoms with E-state index >= 15 is 0 Å². The first kappa shape index (κ1) is 24.3. The maximum atomic E-state index is 12.6. The lowest BCUT2D eigenvalue weighted by Crippen LogP contribution is -2.48. The third kappa shape index (κ3) is 6.12. The van der Waals surface area contributed by atoms with Crippen LogP contribution in [0.25, 0.3) is 11.1 Å². The second-order valence-corrected chi connectivity index (χ2v) is 8.97. The quantitative estimate of drug-likeness (QED) is 0.502. The average molecular weight is 453 g/mol. The van der Waals surface area contributed by atoms with E-state index in [1.807, 2.05) is 50.2 Å². The third-order valence-electron chi connectivity index (χ3n) is 5.96. The maximum absolute atomic E-state index is 12.6. The van der Waals surface area contributed by atoms with Crippen molar-refractivity contribution in [3.63, 3.8) is 0 Å². The number of rotatable bonds is 10. The molecule has 2 amide bonds. The van der Waals surface area contributed by atoms with E-state index in [1.54, 1.807) is 6.92 Å². The SMILES string of the molecule is CC(C)C[C@@H](NC(=O)OCC1c2ccccc2-c2ccccc21)C(=O)NCCC(C)C(=O)O. The molecule has 1 aliphatic rings. The van der Waals surface area contributed by atoms with Gasteiger partial charge in [0, 0.05) is 12.5 Å². The molecule has 1 unspecified atom stereocenters. The predicted molar refractivity (Wildman–Crippen MR) is 126 cm³/mol. The monoisotopic (exact) mass is 452 g/mol. The molecular formula is C26H32N2O5. The standard InChI is InChI=1S/C26H32N2O5/c1-16(2)14-23(24(29)27-13-12-17(3)25(30)31)28-26(32)33-15-22-20-10-6-4-8-18(20)19-9-5-7-11-21(19)22/h4-11,16-17,22-23H,12-15H2,1-3H3,(H,27,29)(H,28,32)(H,30,31)/t17?,23-/m1/s1. The van der Waals surface area contributed by atoms with Crippen molar-refractivity contribution in [2.45, 2.75) is 45.6 Å². The number of aliphatic carboxylic acids is 1. The van der Waals surface area contributed by atoms with E-state index < -0.39 is 24.0 Å². The number of carboxylic acids is 1. The minimum absolute atomic E-state index is 0.0574. The van der Waals surface area contributed by atoms with E-state index in [2.05, 4.69) is 22.8 Å². The van der Waals surface area contributed by atoms with Gasteiger partial charge in [-0.05, 0) is 41.0 Å². The zero-order valence-electron chi connectivity index (χ0n) is 19.3. The maximum Gasteiger partial charge on any atom is 0.407 e. The van der Waals surface area contributed by atoms with Crippen LogP contribution in [0.1, 0.15) is 50.7 Å². The van der Waals surface area contributed by atoms with Crippen molar-refractivity contribution in [1.82, 2.24) is 10.6 Å². The van der Waals surface area contributed by atoms with Crippen molar-refractivity contribution >= 4 is 18.0 Å². The number of fused-ring (bicyclic) bond motifs is 3. The van der Waals surface area contributed by atoms with Crippen molar-refractivity contribution in [3.05, 3.63) is 59.7 Å². The fourth-order valence-electron chi connectivity index (χ4n) is 4.14. The second kappa shape index (κ2) is 11.0. The fraction of sp³-hybridized carbons (Fsp3) is 0.423. The molecule has 2 atom stereocenters. The van der Waals surface area contributed by atoms with Gasteiger partial charge in [0.05, 0.1) is 5.92 Å². The Balaban J connectivity index is 1.59. The zero-order valence-corrected chi connectivity index (χ0v) is 19.3. The summed E-state index contributed by atoms with van der Waals surface area (Å²) >= 11 is 0. The highest BCUT2D eigenvalue weighted by molar-refractivity contribution is 5.85. The number of carbonyl (C=O) groups is 3. The molecular weight excluding hydrogens is 420 g/mol. The Labute approximate surface area is 194 Å². The van der Waals surface area contributed by atoms with Gasteiger partial charge in [-0.3, -0.25) is 9.59 Å². The van der Waals surface area contributed by atoms with Crippen LogP contribution in [0.5, 0.6) is 0 Å². The molecule has 0 saturated heterocycles. The van der Waals surface area contributed by atoms with Crippen LogP contribution in [0.2, 0.25) is 0 Å². The molecule has 2 aromatic carbocycles. The zero-order chi connectivity index (χ0) is 24.0. The molecule has 0 saturated carbocycles. The molecule has 0 aromatic heterocycles. The Bertz CT molecular complexity index is 958. The molecule has 3 N–H and O–H groups in total. The summed E-state index contributed by atoms with van der Waals surface area (Å²) in [6.07, 6.45) is 0.127. The van der Waals surface area contributed by atoms with Gasteiger partial charge < -0.3 is 20.5 Å². The molecule has 33 heavy (non-hydrogen) atoms. The van der Waals surface area contributed by atoms with Gasteiger partial charge in [0.15, 0.2) is 0 Å². The van der Waals surface area contributed by atoms with Crippen molar-refractivity contribution in [2.75, 3.05) is 13.2 Å². The smallest absolute Gasteiger partial charge is 0.407 e. The van der Waals surface area contributed by atoms with Crippen LogP contribution >= 0.6 is 0 Å². The van der Waals surface area contributed by atoms with Crippen LogP contribution in [0.15, 0.2) is 48.5 Å². The molecule has 1 aliphatic carbocycles. The first-order valence-electron chi connectivity index (χ1n) is 11.4. The number of hydrogen-bond acceptors (Lipinski definition) is 4.